The molecule has 0 spiro atoms. The average molecular weight is 455 g/mol. The zero-order valence-electron chi connectivity index (χ0n) is 15.7. The van der Waals surface area contributed by atoms with Gasteiger partial charge in [0.25, 0.3) is 0 Å². The summed E-state index contributed by atoms with van der Waals surface area (Å²) < 4.78 is 117. The van der Waals surface area contributed by atoms with Crippen LogP contribution in [0.3, 0.4) is 0 Å². The van der Waals surface area contributed by atoms with E-state index in [0.717, 1.165) is 6.54 Å². The number of hydrogen-bond donors (Lipinski definition) is 0. The average Bonchev–Trinajstić information content (AvgIpc) is 2.48. The summed E-state index contributed by atoms with van der Waals surface area (Å²) in [6.07, 6.45) is 3.29. The van der Waals surface area contributed by atoms with Crippen molar-refractivity contribution in [2.45, 2.75) is 6.42 Å². The predicted molar refractivity (Wildman–Crippen MR) is 80.4 cm³/mol. The van der Waals surface area contributed by atoms with Gasteiger partial charge in [-0.15, -0.1) is 6.58 Å². The van der Waals surface area contributed by atoms with Crippen LogP contribution in [-0.2, 0) is 0 Å². The maximum atomic E-state index is 9.75. The molecule has 162 valence electrons. The summed E-state index contributed by atoms with van der Waals surface area (Å²) >= 11 is 0. The summed E-state index contributed by atoms with van der Waals surface area (Å²) in [5.41, 5.74) is 0. The van der Waals surface area contributed by atoms with Gasteiger partial charge in [-0.2, -0.15) is 0 Å². The van der Waals surface area contributed by atoms with Crippen LogP contribution in [0, 0.1) is 0 Å². The van der Waals surface area contributed by atoms with Crippen LogP contribution in [0.1, 0.15) is 7.85 Å². The molecule has 1 aliphatic heterocycles. The van der Waals surface area contributed by atoms with Crippen molar-refractivity contribution >= 4 is 21.8 Å². The van der Waals surface area contributed by atoms with Gasteiger partial charge in [0.2, 0.25) is 0 Å². The van der Waals surface area contributed by atoms with Gasteiger partial charge in [-0.1, -0.05) is 6.08 Å². The van der Waals surface area contributed by atoms with Crippen LogP contribution >= 0.6 is 0 Å². The SMILES string of the molecule is C=CCN1CCCN(C)CC1.F[B-](F)(F)F.F[B-](F)(F)F.F[B-](F)(F)F.[H-].[K+]. The Bertz CT molecular complexity index is 312. The Kier molecular flexibility index (Phi) is 22.8. The molecular weight excluding hydrogens is 436 g/mol. The molecule has 0 bridgehead atoms. The van der Waals surface area contributed by atoms with Crippen LogP contribution in [0.2, 0.25) is 0 Å². The third kappa shape index (κ3) is 75.4. The first-order valence-corrected chi connectivity index (χ1v) is 6.96. The largest absolute Gasteiger partial charge is 1.00 e. The molecule has 18 heteroatoms. The minimum Gasteiger partial charge on any atom is -1.00 e. The van der Waals surface area contributed by atoms with E-state index in [1.54, 1.807) is 0 Å². The molecule has 2 nitrogen and oxygen atoms in total. The van der Waals surface area contributed by atoms with Crippen molar-refractivity contribution in [1.82, 2.24) is 9.80 Å². The standard InChI is InChI=1S/C9H18N2.3BF4.K.H/c1-3-5-11-7-4-6-10(2)8-9-11;3*2-1(3,4)5;;/h3H,1,4-9H2,2H3;;;;;/q;3*-1;+1;-1. The second kappa shape index (κ2) is 17.5. The number of halogens is 12. The molecule has 0 aromatic rings. The molecule has 0 unspecified atom stereocenters. The van der Waals surface area contributed by atoms with Gasteiger partial charge < -0.3 is 58.1 Å². The quantitative estimate of drug-likeness (QED) is 0.357. The summed E-state index contributed by atoms with van der Waals surface area (Å²) in [6, 6.07) is 0. The molecular formula is C9H19B3F12KN2-3. The van der Waals surface area contributed by atoms with E-state index < -0.39 is 21.8 Å². The first kappa shape index (κ1) is 35.1. The van der Waals surface area contributed by atoms with Crippen molar-refractivity contribution in [3.05, 3.63) is 12.7 Å². The molecule has 27 heavy (non-hydrogen) atoms. The van der Waals surface area contributed by atoms with Crippen LogP contribution < -0.4 is 51.4 Å². The van der Waals surface area contributed by atoms with Gasteiger partial charge in [0.1, 0.15) is 0 Å². The predicted octanol–water partition coefficient (Wildman–Crippen LogP) is 1.83. The number of likely N-dealkylation sites (N-methyl/N-ethyl adjacent to an activating group) is 1. The molecule has 1 saturated heterocycles. The van der Waals surface area contributed by atoms with Gasteiger partial charge in [-0.25, -0.2) is 0 Å². The normalized spacial score (nSPS) is 16.0. The van der Waals surface area contributed by atoms with Gasteiger partial charge in [-0.05, 0) is 26.6 Å². The zero-order valence-corrected chi connectivity index (χ0v) is 17.8. The fraction of sp³-hybridized carbons (Fsp3) is 0.778. The van der Waals surface area contributed by atoms with E-state index in [1.165, 1.54) is 32.6 Å². The third-order valence-corrected chi connectivity index (χ3v) is 2.20. The molecule has 1 aliphatic rings. The molecule has 0 N–H and O–H groups in total. The molecule has 0 saturated carbocycles. The van der Waals surface area contributed by atoms with E-state index in [2.05, 4.69) is 23.4 Å². The topological polar surface area (TPSA) is 6.48 Å². The minimum absolute atomic E-state index is 0. The fourth-order valence-electron chi connectivity index (χ4n) is 1.47. The second-order valence-electron chi connectivity index (χ2n) is 4.73. The molecule has 0 aromatic heterocycles. The zero-order chi connectivity index (χ0) is 21.6. The summed E-state index contributed by atoms with van der Waals surface area (Å²) in [7, 11) is -15.8. The van der Waals surface area contributed by atoms with Gasteiger partial charge in [0.05, 0.1) is 0 Å². The summed E-state index contributed by atoms with van der Waals surface area (Å²) in [4.78, 5) is 4.85. The molecule has 0 radical (unpaired) electrons. The van der Waals surface area contributed by atoms with Crippen molar-refractivity contribution < 1.29 is 105 Å². The Morgan fingerprint density at radius 1 is 0.741 bits per heavy atom. The smallest absolute Gasteiger partial charge is 1.00 e. The number of rotatable bonds is 2. The first-order valence-electron chi connectivity index (χ1n) is 6.96. The van der Waals surface area contributed by atoms with E-state index in [4.69, 9.17) is 0 Å². The number of nitrogens with zero attached hydrogens (tertiary/aromatic N) is 2. The van der Waals surface area contributed by atoms with E-state index in [0.29, 0.717) is 0 Å². The Morgan fingerprint density at radius 3 is 1.37 bits per heavy atom. The van der Waals surface area contributed by atoms with Crippen LogP contribution in [0.5, 0.6) is 0 Å². The van der Waals surface area contributed by atoms with Crippen molar-refractivity contribution in [3.63, 3.8) is 0 Å². The van der Waals surface area contributed by atoms with Crippen LogP contribution in [-0.4, -0.2) is 71.3 Å². The monoisotopic (exact) mass is 455 g/mol. The molecule has 1 rings (SSSR count). The van der Waals surface area contributed by atoms with E-state index in [1.807, 2.05) is 6.08 Å². The molecule has 0 atom stereocenters. The molecule has 0 aliphatic carbocycles. The number of hydrogen-bond acceptors (Lipinski definition) is 2. The van der Waals surface area contributed by atoms with Crippen LogP contribution in [0.4, 0.5) is 51.8 Å². The molecule has 1 heterocycles. The van der Waals surface area contributed by atoms with E-state index in [9.17, 15) is 51.8 Å². The van der Waals surface area contributed by atoms with E-state index in [-0.39, 0.29) is 52.8 Å². The minimum atomic E-state index is -6.00. The van der Waals surface area contributed by atoms with Crippen molar-refractivity contribution in [2.24, 2.45) is 0 Å². The Labute approximate surface area is 193 Å². The molecule has 0 aromatic carbocycles. The third-order valence-electron chi connectivity index (χ3n) is 2.20. The molecule has 1 fully saturated rings. The summed E-state index contributed by atoms with van der Waals surface area (Å²) in [5.74, 6) is 0. The first-order chi connectivity index (χ1) is 11.3. The molecule has 0 amide bonds. The van der Waals surface area contributed by atoms with Gasteiger partial charge in [0, 0.05) is 19.6 Å². The Balaban J connectivity index is -0.0000000896. The maximum absolute atomic E-state index is 9.75. The second-order valence-corrected chi connectivity index (χ2v) is 4.73. The van der Waals surface area contributed by atoms with Crippen molar-refractivity contribution in [1.29, 1.82) is 0 Å². The van der Waals surface area contributed by atoms with E-state index >= 15 is 0 Å². The van der Waals surface area contributed by atoms with Crippen LogP contribution in [0.15, 0.2) is 12.7 Å². The summed E-state index contributed by atoms with van der Waals surface area (Å²) in [6.45, 7) is 9.67. The van der Waals surface area contributed by atoms with Crippen molar-refractivity contribution in [2.75, 3.05) is 39.8 Å². The Hall–Kier alpha value is 0.651. The van der Waals surface area contributed by atoms with Crippen molar-refractivity contribution in [3.8, 4) is 0 Å². The maximum Gasteiger partial charge on any atom is 1.00 e. The van der Waals surface area contributed by atoms with Gasteiger partial charge in [0.15, 0.2) is 0 Å². The fourth-order valence-corrected chi connectivity index (χ4v) is 1.47. The summed E-state index contributed by atoms with van der Waals surface area (Å²) in [5, 5.41) is 0. The Morgan fingerprint density at radius 2 is 1.07 bits per heavy atom. The van der Waals surface area contributed by atoms with Gasteiger partial charge in [-0.3, -0.25) is 4.90 Å². The van der Waals surface area contributed by atoms with Crippen LogP contribution in [0.25, 0.3) is 0 Å². The van der Waals surface area contributed by atoms with Gasteiger partial charge >= 0.3 is 73.1 Å².